The van der Waals surface area contributed by atoms with E-state index in [1.807, 2.05) is 42.5 Å². The van der Waals surface area contributed by atoms with Crippen LogP contribution in [0.5, 0.6) is 11.5 Å². The molecule has 0 aliphatic heterocycles. The van der Waals surface area contributed by atoms with E-state index in [4.69, 9.17) is 9.47 Å². The first-order valence-corrected chi connectivity index (χ1v) is 8.76. The van der Waals surface area contributed by atoms with Gasteiger partial charge in [-0.25, -0.2) is 0 Å². The molecule has 0 aromatic heterocycles. The number of amides is 1. The molecule has 128 valence electrons. The van der Waals surface area contributed by atoms with Crippen molar-refractivity contribution in [2.75, 3.05) is 19.0 Å². The molecule has 0 fully saturated rings. The fraction of sp³-hybridized carbons (Fsp3) is 0.316. The Bertz CT molecular complexity index is 671. The number of carbonyl (C=O) groups is 1. The van der Waals surface area contributed by atoms with E-state index in [2.05, 4.69) is 28.2 Å². The summed E-state index contributed by atoms with van der Waals surface area (Å²) in [7, 11) is 1.63. The summed E-state index contributed by atoms with van der Waals surface area (Å²) in [6, 6.07) is 13.4. The number of hydrogen-bond acceptors (Lipinski definition) is 3. The first-order valence-electron chi connectivity index (χ1n) is 7.97. The van der Waals surface area contributed by atoms with Gasteiger partial charge in [0.05, 0.1) is 19.4 Å². The van der Waals surface area contributed by atoms with Gasteiger partial charge in [0.15, 0.2) is 0 Å². The Morgan fingerprint density at radius 2 is 1.83 bits per heavy atom. The number of carbonyl (C=O) groups excluding carboxylic acids is 1. The van der Waals surface area contributed by atoms with Gasteiger partial charge in [-0.05, 0) is 70.7 Å². The lowest BCUT2D eigenvalue weighted by atomic mass is 10.1. The first-order chi connectivity index (χ1) is 11.6. The molecule has 2 aromatic carbocycles. The number of methoxy groups -OCH3 is 1. The van der Waals surface area contributed by atoms with Crippen LogP contribution in [0.4, 0.5) is 5.69 Å². The second kappa shape index (κ2) is 9.33. The van der Waals surface area contributed by atoms with Gasteiger partial charge < -0.3 is 14.8 Å². The standard InChI is InChI=1S/C19H22BrNO3/c1-3-14-6-11-18(17(20)13-14)21-19(22)5-4-12-24-16-9-7-15(23-2)8-10-16/h6-11,13H,3-5,12H2,1-2H3,(H,21,22). The van der Waals surface area contributed by atoms with E-state index in [9.17, 15) is 4.79 Å². The molecule has 1 N–H and O–H groups in total. The van der Waals surface area contributed by atoms with Crippen molar-refractivity contribution in [2.45, 2.75) is 26.2 Å². The lowest BCUT2D eigenvalue weighted by Crippen LogP contribution is -2.13. The molecule has 2 rings (SSSR count). The number of benzene rings is 2. The maximum Gasteiger partial charge on any atom is 0.224 e. The topological polar surface area (TPSA) is 47.6 Å². The van der Waals surface area contributed by atoms with Gasteiger partial charge in [0.1, 0.15) is 11.5 Å². The smallest absolute Gasteiger partial charge is 0.224 e. The highest BCUT2D eigenvalue weighted by Crippen LogP contribution is 2.24. The van der Waals surface area contributed by atoms with Crippen molar-refractivity contribution in [1.29, 1.82) is 0 Å². The molecule has 5 heteroatoms. The maximum atomic E-state index is 12.0. The SMILES string of the molecule is CCc1ccc(NC(=O)CCCOc2ccc(OC)cc2)c(Br)c1. The highest BCUT2D eigenvalue weighted by molar-refractivity contribution is 9.10. The number of ether oxygens (including phenoxy) is 2. The molecule has 0 heterocycles. The van der Waals surface area contributed by atoms with Crippen LogP contribution in [0.2, 0.25) is 0 Å². The third kappa shape index (κ3) is 5.57. The Morgan fingerprint density at radius 3 is 2.46 bits per heavy atom. The molecule has 0 aliphatic carbocycles. The molecule has 0 radical (unpaired) electrons. The molecular formula is C19H22BrNO3. The van der Waals surface area contributed by atoms with Crippen molar-refractivity contribution in [3.63, 3.8) is 0 Å². The Hall–Kier alpha value is -2.01. The zero-order valence-corrected chi connectivity index (χ0v) is 15.6. The molecule has 0 aliphatic rings. The molecule has 4 nitrogen and oxygen atoms in total. The number of anilines is 1. The van der Waals surface area contributed by atoms with Crippen LogP contribution in [-0.4, -0.2) is 19.6 Å². The largest absolute Gasteiger partial charge is 0.497 e. The molecule has 0 saturated carbocycles. The molecular weight excluding hydrogens is 370 g/mol. The van der Waals surface area contributed by atoms with E-state index in [1.54, 1.807) is 7.11 Å². The van der Waals surface area contributed by atoms with Crippen LogP contribution >= 0.6 is 15.9 Å². The normalized spacial score (nSPS) is 10.3. The van der Waals surface area contributed by atoms with Gasteiger partial charge in [0, 0.05) is 10.9 Å². The summed E-state index contributed by atoms with van der Waals surface area (Å²) in [6.07, 6.45) is 2.04. The van der Waals surface area contributed by atoms with Crippen LogP contribution in [-0.2, 0) is 11.2 Å². The number of halogens is 1. The minimum Gasteiger partial charge on any atom is -0.497 e. The quantitative estimate of drug-likeness (QED) is 0.656. The van der Waals surface area contributed by atoms with Gasteiger partial charge in [-0.3, -0.25) is 4.79 Å². The van der Waals surface area contributed by atoms with Crippen molar-refractivity contribution < 1.29 is 14.3 Å². The van der Waals surface area contributed by atoms with E-state index < -0.39 is 0 Å². The summed E-state index contributed by atoms with van der Waals surface area (Å²) in [5.41, 5.74) is 2.03. The van der Waals surface area contributed by atoms with Gasteiger partial charge >= 0.3 is 0 Å². The van der Waals surface area contributed by atoms with E-state index in [-0.39, 0.29) is 5.91 Å². The third-order valence-electron chi connectivity index (χ3n) is 3.59. The minimum atomic E-state index is -0.0155. The fourth-order valence-electron chi connectivity index (χ4n) is 2.19. The van der Waals surface area contributed by atoms with Gasteiger partial charge in [-0.1, -0.05) is 13.0 Å². The van der Waals surface area contributed by atoms with Crippen molar-refractivity contribution in [3.05, 3.63) is 52.5 Å². The van der Waals surface area contributed by atoms with Crippen LogP contribution in [0.15, 0.2) is 46.9 Å². The second-order valence-corrected chi connectivity index (χ2v) is 6.20. The van der Waals surface area contributed by atoms with Crippen LogP contribution in [0.1, 0.15) is 25.3 Å². The molecule has 2 aromatic rings. The van der Waals surface area contributed by atoms with Gasteiger partial charge in [-0.15, -0.1) is 0 Å². The lowest BCUT2D eigenvalue weighted by molar-refractivity contribution is -0.116. The number of aryl methyl sites for hydroxylation is 1. The summed E-state index contributed by atoms with van der Waals surface area (Å²) in [5, 5.41) is 2.92. The molecule has 0 spiro atoms. The summed E-state index contributed by atoms with van der Waals surface area (Å²) in [5.74, 6) is 1.55. The predicted octanol–water partition coefficient (Wildman–Crippen LogP) is 4.82. The highest BCUT2D eigenvalue weighted by Gasteiger charge is 2.06. The molecule has 1 amide bonds. The van der Waals surface area contributed by atoms with Gasteiger partial charge in [0.2, 0.25) is 5.91 Å². The lowest BCUT2D eigenvalue weighted by Gasteiger charge is -2.09. The Morgan fingerprint density at radius 1 is 1.12 bits per heavy atom. The fourth-order valence-corrected chi connectivity index (χ4v) is 2.71. The average Bonchev–Trinajstić information content (AvgIpc) is 2.61. The van der Waals surface area contributed by atoms with E-state index >= 15 is 0 Å². The molecule has 0 saturated heterocycles. The predicted molar refractivity (Wildman–Crippen MR) is 99.9 cm³/mol. The van der Waals surface area contributed by atoms with Crippen molar-refractivity contribution in [1.82, 2.24) is 0 Å². The van der Waals surface area contributed by atoms with Crippen molar-refractivity contribution >= 4 is 27.5 Å². The van der Waals surface area contributed by atoms with E-state index in [0.29, 0.717) is 19.4 Å². The van der Waals surface area contributed by atoms with Crippen LogP contribution in [0.3, 0.4) is 0 Å². The maximum absolute atomic E-state index is 12.0. The molecule has 24 heavy (non-hydrogen) atoms. The molecule has 0 unspecified atom stereocenters. The van der Waals surface area contributed by atoms with Gasteiger partial charge in [0.25, 0.3) is 0 Å². The van der Waals surface area contributed by atoms with E-state index in [0.717, 1.165) is 28.1 Å². The highest BCUT2D eigenvalue weighted by atomic mass is 79.9. The van der Waals surface area contributed by atoms with Crippen LogP contribution in [0, 0.1) is 0 Å². The summed E-state index contributed by atoms with van der Waals surface area (Å²) < 4.78 is 11.6. The monoisotopic (exact) mass is 391 g/mol. The molecule has 0 atom stereocenters. The van der Waals surface area contributed by atoms with Crippen LogP contribution < -0.4 is 14.8 Å². The van der Waals surface area contributed by atoms with Crippen molar-refractivity contribution in [2.24, 2.45) is 0 Å². The Labute approximate surface area is 151 Å². The zero-order chi connectivity index (χ0) is 17.4. The van der Waals surface area contributed by atoms with Crippen LogP contribution in [0.25, 0.3) is 0 Å². The number of nitrogens with one attached hydrogen (secondary N) is 1. The van der Waals surface area contributed by atoms with E-state index in [1.165, 1.54) is 5.56 Å². The minimum absolute atomic E-state index is 0.0155. The summed E-state index contributed by atoms with van der Waals surface area (Å²) >= 11 is 3.49. The zero-order valence-electron chi connectivity index (χ0n) is 14.0. The van der Waals surface area contributed by atoms with Gasteiger partial charge in [-0.2, -0.15) is 0 Å². The summed E-state index contributed by atoms with van der Waals surface area (Å²) in [4.78, 5) is 12.0. The molecule has 0 bridgehead atoms. The average molecular weight is 392 g/mol. The first kappa shape index (κ1) is 18.3. The third-order valence-corrected chi connectivity index (χ3v) is 4.25. The second-order valence-electron chi connectivity index (χ2n) is 5.34. The summed E-state index contributed by atoms with van der Waals surface area (Å²) in [6.45, 7) is 2.60. The van der Waals surface area contributed by atoms with Crippen molar-refractivity contribution in [3.8, 4) is 11.5 Å². The number of rotatable bonds is 8. The Balaban J connectivity index is 1.73. The Kier molecular flexibility index (Phi) is 7.12. The number of hydrogen-bond donors (Lipinski definition) is 1.